The molecular weight excluding hydrogens is 300 g/mol. The van der Waals surface area contributed by atoms with Gasteiger partial charge >= 0.3 is 5.97 Å². The van der Waals surface area contributed by atoms with Crippen molar-refractivity contribution >= 4 is 5.97 Å². The summed E-state index contributed by atoms with van der Waals surface area (Å²) in [6, 6.07) is 26.1. The molecule has 0 aromatic heterocycles. The first-order valence-corrected chi connectivity index (χ1v) is 7.82. The number of hydrogen-bond acceptors (Lipinski definition) is 3. The van der Waals surface area contributed by atoms with Crippen LogP contribution in [0.15, 0.2) is 84.9 Å². The maximum atomic E-state index is 12.2. The number of benzene rings is 3. The lowest BCUT2D eigenvalue weighted by molar-refractivity contribution is -0.135. The zero-order chi connectivity index (χ0) is 16.8. The lowest BCUT2D eigenvalue weighted by Crippen LogP contribution is -2.16. The highest BCUT2D eigenvalue weighted by atomic mass is 16.5. The number of rotatable bonds is 5. The second-order valence-electron chi connectivity index (χ2n) is 5.44. The average molecular weight is 318 g/mol. The Labute approximate surface area is 141 Å². The second kappa shape index (κ2) is 7.47. The average Bonchev–Trinajstić information content (AvgIpc) is 2.63. The summed E-state index contributed by atoms with van der Waals surface area (Å²) in [6.07, 6.45) is 0. The fraction of sp³-hybridized carbons (Fsp3) is 0.0952. The van der Waals surface area contributed by atoms with Crippen molar-refractivity contribution in [3.63, 3.8) is 0 Å². The van der Waals surface area contributed by atoms with E-state index in [1.54, 1.807) is 12.1 Å². The molecule has 1 unspecified atom stereocenters. The lowest BCUT2D eigenvalue weighted by atomic mass is 10.0. The molecule has 0 saturated carbocycles. The van der Waals surface area contributed by atoms with Crippen molar-refractivity contribution in [2.24, 2.45) is 0 Å². The van der Waals surface area contributed by atoms with Gasteiger partial charge in [-0.05, 0) is 48.9 Å². The van der Waals surface area contributed by atoms with Crippen molar-refractivity contribution in [3.05, 3.63) is 90.5 Å². The van der Waals surface area contributed by atoms with Gasteiger partial charge < -0.3 is 9.47 Å². The molecule has 0 radical (unpaired) electrons. The minimum atomic E-state index is -0.351. The quantitative estimate of drug-likeness (QED) is 0.480. The van der Waals surface area contributed by atoms with Crippen molar-refractivity contribution in [3.8, 4) is 17.2 Å². The van der Waals surface area contributed by atoms with Crippen molar-refractivity contribution in [2.75, 3.05) is 0 Å². The van der Waals surface area contributed by atoms with Crippen LogP contribution in [0.4, 0.5) is 0 Å². The van der Waals surface area contributed by atoms with Crippen LogP contribution in [0.2, 0.25) is 0 Å². The molecule has 1 atom stereocenters. The molecule has 24 heavy (non-hydrogen) atoms. The van der Waals surface area contributed by atoms with Gasteiger partial charge in [0.05, 0.1) is 5.92 Å². The van der Waals surface area contributed by atoms with Crippen LogP contribution in [0.3, 0.4) is 0 Å². The molecule has 0 aliphatic carbocycles. The summed E-state index contributed by atoms with van der Waals surface area (Å²) in [7, 11) is 0. The fourth-order valence-corrected chi connectivity index (χ4v) is 2.28. The molecule has 0 amide bonds. The summed E-state index contributed by atoms with van der Waals surface area (Å²) in [5.41, 5.74) is 0.886. The van der Waals surface area contributed by atoms with Gasteiger partial charge in [-0.2, -0.15) is 0 Å². The highest BCUT2D eigenvalue weighted by Gasteiger charge is 2.17. The third-order valence-corrected chi connectivity index (χ3v) is 3.67. The number of esters is 1. The van der Waals surface area contributed by atoms with Gasteiger partial charge in [0, 0.05) is 0 Å². The maximum Gasteiger partial charge on any atom is 0.318 e. The van der Waals surface area contributed by atoms with Crippen LogP contribution in [0.1, 0.15) is 18.4 Å². The summed E-state index contributed by atoms with van der Waals surface area (Å²) in [5, 5.41) is 0. The standard InChI is InChI=1S/C21H18O3/c1-16(21(22)24-19-10-6-3-7-11-19)17-12-14-20(15-13-17)23-18-8-4-2-5-9-18/h2-16H,1H3. The van der Waals surface area contributed by atoms with Gasteiger partial charge in [-0.15, -0.1) is 0 Å². The van der Waals surface area contributed by atoms with Crippen molar-refractivity contribution < 1.29 is 14.3 Å². The number of ether oxygens (including phenoxy) is 2. The van der Waals surface area contributed by atoms with E-state index in [9.17, 15) is 4.79 Å². The van der Waals surface area contributed by atoms with Crippen LogP contribution in [-0.4, -0.2) is 5.97 Å². The normalized spacial score (nSPS) is 11.5. The van der Waals surface area contributed by atoms with Crippen molar-refractivity contribution in [2.45, 2.75) is 12.8 Å². The molecule has 3 nitrogen and oxygen atoms in total. The predicted octanol–water partition coefficient (Wildman–Crippen LogP) is 5.19. The van der Waals surface area contributed by atoms with E-state index in [-0.39, 0.29) is 11.9 Å². The van der Waals surface area contributed by atoms with E-state index in [4.69, 9.17) is 9.47 Å². The SMILES string of the molecule is CC(C(=O)Oc1ccccc1)c1ccc(Oc2ccccc2)cc1. The van der Waals surface area contributed by atoms with E-state index in [2.05, 4.69) is 0 Å². The van der Waals surface area contributed by atoms with E-state index < -0.39 is 0 Å². The Balaban J connectivity index is 1.65. The van der Waals surface area contributed by atoms with E-state index in [1.807, 2.05) is 79.7 Å². The molecule has 120 valence electrons. The van der Waals surface area contributed by atoms with Crippen LogP contribution in [0, 0.1) is 0 Å². The first kappa shape index (κ1) is 15.8. The Bertz CT molecular complexity index is 780. The summed E-state index contributed by atoms with van der Waals surface area (Å²) < 4.78 is 11.1. The molecule has 3 aromatic carbocycles. The van der Waals surface area contributed by atoms with Crippen LogP contribution < -0.4 is 9.47 Å². The molecule has 3 heteroatoms. The van der Waals surface area contributed by atoms with Gasteiger partial charge in [-0.1, -0.05) is 48.5 Å². The number of hydrogen-bond donors (Lipinski definition) is 0. The topological polar surface area (TPSA) is 35.5 Å². The highest BCUT2D eigenvalue weighted by Crippen LogP contribution is 2.25. The van der Waals surface area contributed by atoms with Crippen LogP contribution >= 0.6 is 0 Å². The first-order valence-electron chi connectivity index (χ1n) is 7.82. The third-order valence-electron chi connectivity index (χ3n) is 3.67. The van der Waals surface area contributed by atoms with Gasteiger partial charge in [-0.25, -0.2) is 0 Å². The van der Waals surface area contributed by atoms with Gasteiger partial charge in [0.15, 0.2) is 0 Å². The zero-order valence-electron chi connectivity index (χ0n) is 13.4. The fourth-order valence-electron chi connectivity index (χ4n) is 2.28. The highest BCUT2D eigenvalue weighted by molar-refractivity contribution is 5.79. The van der Waals surface area contributed by atoms with Gasteiger partial charge in [0.2, 0.25) is 0 Å². The second-order valence-corrected chi connectivity index (χ2v) is 5.44. The van der Waals surface area contributed by atoms with E-state index in [0.717, 1.165) is 17.1 Å². The number of carbonyl (C=O) groups excluding carboxylic acids is 1. The predicted molar refractivity (Wildman–Crippen MR) is 93.5 cm³/mol. The Morgan fingerprint density at radius 2 is 1.21 bits per heavy atom. The van der Waals surface area contributed by atoms with E-state index >= 15 is 0 Å². The summed E-state index contributed by atoms with van der Waals surface area (Å²) in [6.45, 7) is 1.83. The van der Waals surface area contributed by atoms with Crippen LogP contribution in [0.5, 0.6) is 17.2 Å². The van der Waals surface area contributed by atoms with E-state index in [1.165, 1.54) is 0 Å². The van der Waals surface area contributed by atoms with Crippen LogP contribution in [0.25, 0.3) is 0 Å². The molecule has 0 saturated heterocycles. The largest absolute Gasteiger partial charge is 0.457 e. The minimum absolute atomic E-state index is 0.280. The molecule has 3 aromatic rings. The Morgan fingerprint density at radius 3 is 1.79 bits per heavy atom. The molecule has 0 spiro atoms. The molecule has 0 fully saturated rings. The molecule has 0 aliphatic heterocycles. The smallest absolute Gasteiger partial charge is 0.318 e. The first-order chi connectivity index (χ1) is 11.7. The zero-order valence-corrected chi connectivity index (χ0v) is 13.4. The van der Waals surface area contributed by atoms with E-state index in [0.29, 0.717) is 5.75 Å². The van der Waals surface area contributed by atoms with Crippen molar-refractivity contribution in [1.82, 2.24) is 0 Å². The molecular formula is C21H18O3. The maximum absolute atomic E-state index is 12.2. The summed E-state index contributed by atoms with van der Waals surface area (Å²) in [5.74, 6) is 1.43. The minimum Gasteiger partial charge on any atom is -0.457 e. The molecule has 0 bridgehead atoms. The van der Waals surface area contributed by atoms with Crippen LogP contribution in [-0.2, 0) is 4.79 Å². The molecule has 3 rings (SSSR count). The van der Waals surface area contributed by atoms with Gasteiger partial charge in [0.25, 0.3) is 0 Å². The molecule has 0 heterocycles. The molecule has 0 N–H and O–H groups in total. The Hall–Kier alpha value is -3.07. The monoisotopic (exact) mass is 318 g/mol. The molecule has 0 aliphatic rings. The summed E-state index contributed by atoms with van der Waals surface area (Å²) in [4.78, 5) is 12.2. The summed E-state index contributed by atoms with van der Waals surface area (Å²) >= 11 is 0. The number of carbonyl (C=O) groups is 1. The van der Waals surface area contributed by atoms with Gasteiger partial charge in [-0.3, -0.25) is 4.79 Å². The Morgan fingerprint density at radius 1 is 0.708 bits per heavy atom. The number of para-hydroxylation sites is 2. The van der Waals surface area contributed by atoms with Gasteiger partial charge in [0.1, 0.15) is 17.2 Å². The Kier molecular flexibility index (Phi) is 4.92. The lowest BCUT2D eigenvalue weighted by Gasteiger charge is -2.12. The van der Waals surface area contributed by atoms with Crippen molar-refractivity contribution in [1.29, 1.82) is 0 Å². The third kappa shape index (κ3) is 4.02.